The Morgan fingerprint density at radius 2 is 1.89 bits per heavy atom. The number of benzene rings is 2. The maximum absolute atomic E-state index is 3.57. The minimum absolute atomic E-state index is 0.960. The van der Waals surface area contributed by atoms with Gasteiger partial charge < -0.3 is 5.32 Å². The van der Waals surface area contributed by atoms with Crippen LogP contribution < -0.4 is 5.32 Å². The first-order valence-electron chi connectivity index (χ1n) is 5.93. The molecular formula is C15H16BrNS. The maximum Gasteiger partial charge on any atom is 0.0485 e. The van der Waals surface area contributed by atoms with Gasteiger partial charge in [-0.3, -0.25) is 0 Å². The third kappa shape index (κ3) is 4.07. The molecule has 0 heterocycles. The van der Waals surface area contributed by atoms with Gasteiger partial charge in [0.25, 0.3) is 0 Å². The summed E-state index contributed by atoms with van der Waals surface area (Å²) < 4.78 is 1.13. The first kappa shape index (κ1) is 13.5. The smallest absolute Gasteiger partial charge is 0.0485 e. The SMILES string of the molecule is Cc1ccc(NCCSc2ccccc2)c(Br)c1. The molecule has 0 aliphatic rings. The quantitative estimate of drug-likeness (QED) is 0.617. The van der Waals surface area contributed by atoms with E-state index in [9.17, 15) is 0 Å². The average Bonchev–Trinajstić information content (AvgIpc) is 2.38. The van der Waals surface area contributed by atoms with Crippen molar-refractivity contribution < 1.29 is 0 Å². The first-order valence-corrected chi connectivity index (χ1v) is 7.71. The molecule has 0 aliphatic heterocycles. The fourth-order valence-corrected chi connectivity index (χ4v) is 3.06. The average molecular weight is 322 g/mol. The van der Waals surface area contributed by atoms with E-state index in [4.69, 9.17) is 0 Å². The molecule has 3 heteroatoms. The molecule has 0 bridgehead atoms. The molecule has 2 aromatic carbocycles. The van der Waals surface area contributed by atoms with Crippen LogP contribution in [0.5, 0.6) is 0 Å². The second-order valence-corrected chi connectivity index (χ2v) is 6.09. The summed E-state index contributed by atoms with van der Waals surface area (Å²) in [7, 11) is 0. The number of rotatable bonds is 5. The number of halogens is 1. The Morgan fingerprint density at radius 1 is 1.11 bits per heavy atom. The van der Waals surface area contributed by atoms with E-state index >= 15 is 0 Å². The lowest BCUT2D eigenvalue weighted by Gasteiger charge is -2.09. The second kappa shape index (κ2) is 6.86. The Kier molecular flexibility index (Phi) is 5.14. The summed E-state index contributed by atoms with van der Waals surface area (Å²) in [5, 5.41) is 3.44. The van der Waals surface area contributed by atoms with E-state index in [2.05, 4.69) is 70.6 Å². The normalized spacial score (nSPS) is 10.3. The van der Waals surface area contributed by atoms with E-state index in [-0.39, 0.29) is 0 Å². The van der Waals surface area contributed by atoms with Gasteiger partial charge in [0.2, 0.25) is 0 Å². The molecule has 1 nitrogen and oxygen atoms in total. The molecule has 94 valence electrons. The van der Waals surface area contributed by atoms with Crippen molar-refractivity contribution in [3.05, 3.63) is 58.6 Å². The molecule has 18 heavy (non-hydrogen) atoms. The summed E-state index contributed by atoms with van der Waals surface area (Å²) in [6.45, 7) is 3.06. The molecule has 0 amide bonds. The van der Waals surface area contributed by atoms with Crippen molar-refractivity contribution in [1.82, 2.24) is 0 Å². The number of hydrogen-bond acceptors (Lipinski definition) is 2. The van der Waals surface area contributed by atoms with Crippen LogP contribution in [0.1, 0.15) is 5.56 Å². The van der Waals surface area contributed by atoms with Gasteiger partial charge in [0.1, 0.15) is 0 Å². The standard InChI is InChI=1S/C15H16BrNS/c1-12-7-8-15(14(16)11-12)17-9-10-18-13-5-3-2-4-6-13/h2-8,11,17H,9-10H2,1H3. The number of hydrogen-bond donors (Lipinski definition) is 1. The van der Waals surface area contributed by atoms with Gasteiger partial charge in [-0.15, -0.1) is 11.8 Å². The highest BCUT2D eigenvalue weighted by molar-refractivity contribution is 9.10. The predicted molar refractivity (Wildman–Crippen MR) is 84.5 cm³/mol. The summed E-state index contributed by atoms with van der Waals surface area (Å²) in [4.78, 5) is 1.32. The van der Waals surface area contributed by atoms with Crippen LogP contribution in [0.2, 0.25) is 0 Å². The topological polar surface area (TPSA) is 12.0 Å². The molecule has 0 radical (unpaired) electrons. The lowest BCUT2D eigenvalue weighted by Crippen LogP contribution is -2.04. The molecule has 2 rings (SSSR count). The Labute approximate surface area is 121 Å². The van der Waals surface area contributed by atoms with Gasteiger partial charge in [0.15, 0.2) is 0 Å². The molecule has 0 saturated heterocycles. The van der Waals surface area contributed by atoms with E-state index in [1.807, 2.05) is 17.8 Å². The molecule has 0 fully saturated rings. The highest BCUT2D eigenvalue weighted by Gasteiger charge is 1.99. The van der Waals surface area contributed by atoms with Gasteiger partial charge >= 0.3 is 0 Å². The Balaban J connectivity index is 1.79. The molecule has 0 spiro atoms. The summed E-state index contributed by atoms with van der Waals surface area (Å²) in [5.41, 5.74) is 2.43. The number of thioether (sulfide) groups is 1. The zero-order valence-corrected chi connectivity index (χ0v) is 12.7. The minimum Gasteiger partial charge on any atom is -0.383 e. The van der Waals surface area contributed by atoms with Crippen molar-refractivity contribution in [1.29, 1.82) is 0 Å². The Morgan fingerprint density at radius 3 is 2.61 bits per heavy atom. The van der Waals surface area contributed by atoms with Gasteiger partial charge in [-0.1, -0.05) is 24.3 Å². The number of aryl methyl sites for hydroxylation is 1. The van der Waals surface area contributed by atoms with Crippen molar-refractivity contribution in [3.63, 3.8) is 0 Å². The second-order valence-electron chi connectivity index (χ2n) is 4.07. The summed E-state index contributed by atoms with van der Waals surface area (Å²) >= 11 is 5.45. The number of nitrogens with one attached hydrogen (secondary N) is 1. The molecule has 1 N–H and O–H groups in total. The third-order valence-corrected chi connectivity index (χ3v) is 4.22. The van der Waals surface area contributed by atoms with Crippen LogP contribution in [0.25, 0.3) is 0 Å². The summed E-state index contributed by atoms with van der Waals surface area (Å²) in [5.74, 6) is 1.06. The third-order valence-electron chi connectivity index (χ3n) is 2.55. The fraction of sp³-hybridized carbons (Fsp3) is 0.200. The Bertz CT molecular complexity index is 499. The molecule has 0 unspecified atom stereocenters. The van der Waals surface area contributed by atoms with Gasteiger partial charge in [0.05, 0.1) is 0 Å². The number of anilines is 1. The summed E-state index contributed by atoms with van der Waals surface area (Å²) in [6.07, 6.45) is 0. The van der Waals surface area contributed by atoms with Crippen LogP contribution in [-0.4, -0.2) is 12.3 Å². The van der Waals surface area contributed by atoms with Crippen LogP contribution in [0.4, 0.5) is 5.69 Å². The molecule has 2 aromatic rings. The van der Waals surface area contributed by atoms with Gasteiger partial charge in [-0.2, -0.15) is 0 Å². The zero-order valence-electron chi connectivity index (χ0n) is 10.3. The van der Waals surface area contributed by atoms with Crippen LogP contribution in [0, 0.1) is 6.92 Å². The van der Waals surface area contributed by atoms with E-state index in [0.717, 1.165) is 22.5 Å². The summed E-state index contributed by atoms with van der Waals surface area (Å²) in [6, 6.07) is 16.9. The van der Waals surface area contributed by atoms with Crippen LogP contribution in [0.3, 0.4) is 0 Å². The van der Waals surface area contributed by atoms with Gasteiger partial charge in [0, 0.05) is 27.4 Å². The van der Waals surface area contributed by atoms with E-state index in [0.29, 0.717) is 0 Å². The molecular weight excluding hydrogens is 306 g/mol. The van der Waals surface area contributed by atoms with E-state index in [1.165, 1.54) is 10.5 Å². The fourth-order valence-electron chi connectivity index (χ4n) is 1.63. The van der Waals surface area contributed by atoms with Crippen molar-refractivity contribution in [2.45, 2.75) is 11.8 Å². The first-order chi connectivity index (χ1) is 8.75. The molecule has 0 saturated carbocycles. The minimum atomic E-state index is 0.960. The maximum atomic E-state index is 3.57. The van der Waals surface area contributed by atoms with Crippen molar-refractivity contribution >= 4 is 33.4 Å². The van der Waals surface area contributed by atoms with Crippen molar-refractivity contribution in [2.75, 3.05) is 17.6 Å². The largest absolute Gasteiger partial charge is 0.383 e. The Hall–Kier alpha value is -0.930. The van der Waals surface area contributed by atoms with Gasteiger partial charge in [-0.05, 0) is 52.7 Å². The molecule has 0 aromatic heterocycles. The van der Waals surface area contributed by atoms with Crippen molar-refractivity contribution in [3.8, 4) is 0 Å². The predicted octanol–water partition coefficient (Wildman–Crippen LogP) is 4.96. The van der Waals surface area contributed by atoms with E-state index in [1.54, 1.807) is 0 Å². The van der Waals surface area contributed by atoms with Crippen LogP contribution >= 0.6 is 27.7 Å². The highest BCUT2D eigenvalue weighted by Crippen LogP contribution is 2.23. The van der Waals surface area contributed by atoms with Gasteiger partial charge in [-0.25, -0.2) is 0 Å². The monoisotopic (exact) mass is 321 g/mol. The molecule has 0 aliphatic carbocycles. The lowest BCUT2D eigenvalue weighted by atomic mass is 10.2. The van der Waals surface area contributed by atoms with E-state index < -0.39 is 0 Å². The highest BCUT2D eigenvalue weighted by atomic mass is 79.9. The zero-order chi connectivity index (χ0) is 12.8. The van der Waals surface area contributed by atoms with Crippen LogP contribution in [0.15, 0.2) is 57.9 Å². The molecule has 0 atom stereocenters. The van der Waals surface area contributed by atoms with Crippen molar-refractivity contribution in [2.24, 2.45) is 0 Å². The lowest BCUT2D eigenvalue weighted by molar-refractivity contribution is 1.21. The van der Waals surface area contributed by atoms with Crippen LogP contribution in [-0.2, 0) is 0 Å².